The smallest absolute Gasteiger partial charge is 0.0742 e. The maximum Gasteiger partial charge on any atom is 0.0742 e. The molecule has 0 unspecified atom stereocenters. The molecule has 0 saturated heterocycles. The van der Waals surface area contributed by atoms with Gasteiger partial charge < -0.3 is 4.98 Å². The molecule has 0 bridgehead atoms. The van der Waals surface area contributed by atoms with Gasteiger partial charge >= 0.3 is 0 Å². The van der Waals surface area contributed by atoms with Crippen molar-refractivity contribution < 1.29 is 0 Å². The van der Waals surface area contributed by atoms with Gasteiger partial charge in [-0.3, -0.25) is 4.99 Å². The number of rotatable bonds is 2. The molecule has 2 heteroatoms. The lowest BCUT2D eigenvalue weighted by Crippen LogP contribution is -1.99. The van der Waals surface area contributed by atoms with Gasteiger partial charge in [0, 0.05) is 22.9 Å². The van der Waals surface area contributed by atoms with Crippen LogP contribution >= 0.6 is 0 Å². The zero-order valence-corrected chi connectivity index (χ0v) is 12.9. The molecule has 3 aromatic rings. The molecule has 1 N–H and O–H groups in total. The minimum atomic E-state index is 0.755. The summed E-state index contributed by atoms with van der Waals surface area (Å²) in [5.74, 6) is 0. The average Bonchev–Trinajstić information content (AvgIpc) is 3.08. The number of hydrogen-bond acceptors (Lipinski definition) is 1. The maximum absolute atomic E-state index is 4.78. The summed E-state index contributed by atoms with van der Waals surface area (Å²) in [6.07, 6.45) is 2.10. The topological polar surface area (TPSA) is 28.1 Å². The van der Waals surface area contributed by atoms with Crippen molar-refractivity contribution in [1.29, 1.82) is 0 Å². The quantitative estimate of drug-likeness (QED) is 0.710. The monoisotopic (exact) mass is 286 g/mol. The van der Waals surface area contributed by atoms with Crippen LogP contribution in [0, 0.1) is 13.8 Å². The molecule has 2 heterocycles. The highest BCUT2D eigenvalue weighted by atomic mass is 14.8. The van der Waals surface area contributed by atoms with Crippen molar-refractivity contribution in [2.24, 2.45) is 4.99 Å². The fourth-order valence-corrected chi connectivity index (χ4v) is 3.17. The number of hydrogen-bond donors (Lipinski definition) is 1. The van der Waals surface area contributed by atoms with Crippen molar-refractivity contribution in [1.82, 2.24) is 4.98 Å². The highest BCUT2D eigenvalue weighted by Gasteiger charge is 2.22. The first-order valence-corrected chi connectivity index (χ1v) is 7.61. The number of benzene rings is 2. The summed E-state index contributed by atoms with van der Waals surface area (Å²) >= 11 is 0. The number of fused-ring (bicyclic) bond motifs is 1. The highest BCUT2D eigenvalue weighted by molar-refractivity contribution is 6.16. The summed E-state index contributed by atoms with van der Waals surface area (Å²) in [4.78, 5) is 8.23. The van der Waals surface area contributed by atoms with Gasteiger partial charge in [-0.15, -0.1) is 0 Å². The number of nitrogens with zero attached hydrogens (tertiary/aromatic N) is 1. The predicted molar refractivity (Wildman–Crippen MR) is 91.5 cm³/mol. The minimum Gasteiger partial charge on any atom is -0.360 e. The van der Waals surface area contributed by atoms with Gasteiger partial charge in [0.1, 0.15) is 0 Å². The van der Waals surface area contributed by atoms with Gasteiger partial charge in [-0.2, -0.15) is 0 Å². The number of nitrogens with one attached hydrogen (secondary N) is 1. The van der Waals surface area contributed by atoms with E-state index in [1.807, 2.05) is 0 Å². The molecular weight excluding hydrogens is 268 g/mol. The molecule has 0 amide bonds. The standard InChI is InChI=1S/C20H18N2/c1-13-5-3-7-15(9-13)19-17-11-22-20(18(17)12-21-19)16-8-4-6-14(2)10-16/h3-11,22H,12H2,1-2H3. The van der Waals surface area contributed by atoms with Crippen LogP contribution in [0.3, 0.4) is 0 Å². The molecule has 0 aliphatic carbocycles. The zero-order valence-electron chi connectivity index (χ0n) is 12.9. The van der Waals surface area contributed by atoms with E-state index in [1.165, 1.54) is 39.1 Å². The van der Waals surface area contributed by atoms with E-state index in [2.05, 4.69) is 73.6 Å². The van der Waals surface area contributed by atoms with Crippen LogP contribution in [-0.2, 0) is 6.54 Å². The van der Waals surface area contributed by atoms with E-state index in [0.717, 1.165) is 12.3 Å². The summed E-state index contributed by atoms with van der Waals surface area (Å²) < 4.78 is 0. The largest absolute Gasteiger partial charge is 0.360 e. The van der Waals surface area contributed by atoms with E-state index in [1.54, 1.807) is 0 Å². The lowest BCUT2D eigenvalue weighted by molar-refractivity contribution is 1.11. The van der Waals surface area contributed by atoms with Crippen LogP contribution in [0.2, 0.25) is 0 Å². The average molecular weight is 286 g/mol. The summed E-state index contributed by atoms with van der Waals surface area (Å²) in [6.45, 7) is 5.00. The Morgan fingerprint density at radius 3 is 2.32 bits per heavy atom. The van der Waals surface area contributed by atoms with Gasteiger partial charge in [0.15, 0.2) is 0 Å². The second-order valence-corrected chi connectivity index (χ2v) is 5.96. The predicted octanol–water partition coefficient (Wildman–Crippen LogP) is 4.65. The van der Waals surface area contributed by atoms with Crippen LogP contribution in [0.4, 0.5) is 0 Å². The highest BCUT2D eigenvalue weighted by Crippen LogP contribution is 2.32. The van der Waals surface area contributed by atoms with Gasteiger partial charge in [0.2, 0.25) is 0 Å². The third kappa shape index (κ3) is 2.08. The lowest BCUT2D eigenvalue weighted by atomic mass is 9.99. The Balaban J connectivity index is 1.78. The molecule has 1 aromatic heterocycles. The molecule has 108 valence electrons. The van der Waals surface area contributed by atoms with Crippen LogP contribution < -0.4 is 0 Å². The third-order valence-electron chi connectivity index (χ3n) is 4.24. The molecule has 2 nitrogen and oxygen atoms in total. The molecular formula is C20H18N2. The Morgan fingerprint density at radius 1 is 0.909 bits per heavy atom. The van der Waals surface area contributed by atoms with Gasteiger partial charge in [-0.05, 0) is 31.5 Å². The first-order chi connectivity index (χ1) is 10.7. The SMILES string of the molecule is Cc1cccc(C2=NCc3c2c[nH]c3-c2cccc(C)c2)c1. The molecule has 0 saturated carbocycles. The Labute approximate surface area is 130 Å². The molecule has 0 radical (unpaired) electrons. The summed E-state index contributed by atoms with van der Waals surface area (Å²) in [6, 6.07) is 17.2. The van der Waals surface area contributed by atoms with Crippen molar-refractivity contribution in [3.8, 4) is 11.3 Å². The fourth-order valence-electron chi connectivity index (χ4n) is 3.17. The number of aryl methyl sites for hydroxylation is 2. The molecule has 1 aliphatic rings. The number of aromatic amines is 1. The number of H-pyrrole nitrogens is 1. The zero-order chi connectivity index (χ0) is 15.1. The normalized spacial score (nSPS) is 13.1. The van der Waals surface area contributed by atoms with Crippen LogP contribution in [0.15, 0.2) is 59.7 Å². The van der Waals surface area contributed by atoms with E-state index in [0.29, 0.717) is 0 Å². The van der Waals surface area contributed by atoms with E-state index in [-0.39, 0.29) is 0 Å². The van der Waals surface area contributed by atoms with Crippen LogP contribution in [0.1, 0.15) is 27.8 Å². The van der Waals surface area contributed by atoms with E-state index < -0.39 is 0 Å². The maximum atomic E-state index is 4.78. The summed E-state index contributed by atoms with van der Waals surface area (Å²) in [5, 5.41) is 0. The Morgan fingerprint density at radius 2 is 1.59 bits per heavy atom. The first kappa shape index (κ1) is 13.1. The van der Waals surface area contributed by atoms with Crippen molar-refractivity contribution in [2.45, 2.75) is 20.4 Å². The van der Waals surface area contributed by atoms with Gasteiger partial charge in [-0.25, -0.2) is 0 Å². The molecule has 2 aromatic carbocycles. The molecule has 0 spiro atoms. The van der Waals surface area contributed by atoms with Crippen LogP contribution in [0.5, 0.6) is 0 Å². The molecule has 0 fully saturated rings. The van der Waals surface area contributed by atoms with E-state index in [9.17, 15) is 0 Å². The van der Waals surface area contributed by atoms with Gasteiger partial charge in [0.05, 0.1) is 18.0 Å². The van der Waals surface area contributed by atoms with Crippen molar-refractivity contribution in [3.63, 3.8) is 0 Å². The summed E-state index contributed by atoms with van der Waals surface area (Å²) in [7, 11) is 0. The minimum absolute atomic E-state index is 0.755. The first-order valence-electron chi connectivity index (χ1n) is 7.61. The van der Waals surface area contributed by atoms with E-state index >= 15 is 0 Å². The van der Waals surface area contributed by atoms with Gasteiger partial charge in [0.25, 0.3) is 0 Å². The van der Waals surface area contributed by atoms with Crippen molar-refractivity contribution in [3.05, 3.63) is 82.5 Å². The van der Waals surface area contributed by atoms with Crippen LogP contribution in [-0.4, -0.2) is 10.7 Å². The number of aromatic nitrogens is 1. The van der Waals surface area contributed by atoms with Crippen molar-refractivity contribution in [2.75, 3.05) is 0 Å². The Kier molecular flexibility index (Phi) is 2.97. The second kappa shape index (κ2) is 4.99. The van der Waals surface area contributed by atoms with E-state index in [4.69, 9.17) is 4.99 Å². The fraction of sp³-hybridized carbons (Fsp3) is 0.150. The third-order valence-corrected chi connectivity index (χ3v) is 4.24. The molecule has 0 atom stereocenters. The second-order valence-electron chi connectivity index (χ2n) is 5.96. The Bertz CT molecular complexity index is 884. The molecule has 22 heavy (non-hydrogen) atoms. The van der Waals surface area contributed by atoms with Crippen LogP contribution in [0.25, 0.3) is 11.3 Å². The Hall–Kier alpha value is -2.61. The van der Waals surface area contributed by atoms with Crippen molar-refractivity contribution >= 4 is 5.71 Å². The number of aliphatic imine (C=N–C) groups is 1. The molecule has 4 rings (SSSR count). The lowest BCUT2D eigenvalue weighted by Gasteiger charge is -2.03. The van der Waals surface area contributed by atoms with Gasteiger partial charge in [-0.1, -0.05) is 47.5 Å². The molecule has 1 aliphatic heterocycles. The summed E-state index contributed by atoms with van der Waals surface area (Å²) in [5.41, 5.74) is 9.83.